The molecule has 1 aliphatic rings. The molecule has 0 saturated heterocycles. The van der Waals surface area contributed by atoms with Crippen molar-refractivity contribution in [3.63, 3.8) is 0 Å². The summed E-state index contributed by atoms with van der Waals surface area (Å²) >= 11 is 0. The lowest BCUT2D eigenvalue weighted by molar-refractivity contribution is 0.309. The molecule has 0 atom stereocenters. The molecule has 0 saturated carbocycles. The summed E-state index contributed by atoms with van der Waals surface area (Å²) in [7, 11) is 1.56. The molecule has 0 N–H and O–H groups in total. The highest BCUT2D eigenvalue weighted by Crippen LogP contribution is 1.93. The summed E-state index contributed by atoms with van der Waals surface area (Å²) in [6.07, 6.45) is 11.1. The molecule has 11 heavy (non-hydrogen) atoms. The zero-order valence-corrected chi connectivity index (χ0v) is 6.92. The topological polar surface area (TPSA) is 9.23 Å². The highest BCUT2D eigenvalue weighted by Gasteiger charge is 1.72. The summed E-state index contributed by atoms with van der Waals surface area (Å²) in [5.74, 6) is 0.606. The Hall–Kier alpha value is -1.24. The van der Waals surface area contributed by atoms with E-state index in [0.29, 0.717) is 5.76 Å². The van der Waals surface area contributed by atoms with Crippen LogP contribution >= 0.6 is 0 Å². The van der Waals surface area contributed by atoms with Crippen LogP contribution in [-0.4, -0.2) is 7.11 Å². The lowest BCUT2D eigenvalue weighted by Gasteiger charge is -1.90. The van der Waals surface area contributed by atoms with E-state index in [0.717, 1.165) is 6.42 Å². The van der Waals surface area contributed by atoms with E-state index in [4.69, 9.17) is 0 Å². The zero-order chi connectivity index (χ0) is 8.53. The van der Waals surface area contributed by atoms with Gasteiger partial charge in [-0.15, -0.1) is 0 Å². The monoisotopic (exact) mass is 150 g/mol. The minimum absolute atomic E-state index is 0.606. The van der Waals surface area contributed by atoms with Crippen LogP contribution in [0.25, 0.3) is 0 Å². The Balaban J connectivity index is 0.000000183. The van der Waals surface area contributed by atoms with E-state index >= 15 is 0 Å². The van der Waals surface area contributed by atoms with Crippen molar-refractivity contribution < 1.29 is 4.74 Å². The zero-order valence-electron chi connectivity index (χ0n) is 6.92. The molecule has 0 aliphatic heterocycles. The van der Waals surface area contributed by atoms with Gasteiger partial charge in [-0.2, -0.15) is 0 Å². The van der Waals surface area contributed by atoms with Crippen LogP contribution in [-0.2, 0) is 4.74 Å². The van der Waals surface area contributed by atoms with E-state index in [1.165, 1.54) is 0 Å². The maximum Gasteiger partial charge on any atom is 0.111 e. The van der Waals surface area contributed by atoms with Crippen molar-refractivity contribution in [3.05, 3.63) is 49.3 Å². The Morgan fingerprint density at radius 2 is 2.00 bits per heavy atom. The van der Waals surface area contributed by atoms with Gasteiger partial charge in [-0.3, -0.25) is 0 Å². The quantitative estimate of drug-likeness (QED) is 0.434. The molecule has 0 radical (unpaired) electrons. The Bertz CT molecular complexity index is 165. The van der Waals surface area contributed by atoms with E-state index < -0.39 is 0 Å². The highest BCUT2D eigenvalue weighted by atomic mass is 16.5. The smallest absolute Gasteiger partial charge is 0.111 e. The van der Waals surface area contributed by atoms with Gasteiger partial charge in [-0.1, -0.05) is 37.5 Å². The molecule has 60 valence electrons. The summed E-state index contributed by atoms with van der Waals surface area (Å²) in [5.41, 5.74) is 0. The molecule has 0 heterocycles. The molecular weight excluding hydrogens is 136 g/mol. The first-order chi connectivity index (χ1) is 5.31. The molecule has 1 aliphatic carbocycles. The molecule has 0 aromatic carbocycles. The molecule has 0 fully saturated rings. The van der Waals surface area contributed by atoms with Crippen molar-refractivity contribution in [2.24, 2.45) is 0 Å². The van der Waals surface area contributed by atoms with Gasteiger partial charge in [-0.05, 0) is 12.5 Å². The third-order valence-electron chi connectivity index (χ3n) is 1.15. The lowest BCUT2D eigenvalue weighted by Crippen LogP contribution is -1.73. The van der Waals surface area contributed by atoms with Gasteiger partial charge in [0.25, 0.3) is 0 Å². The molecule has 0 amide bonds. The second-order valence-corrected chi connectivity index (χ2v) is 1.97. The number of hydrogen-bond donors (Lipinski definition) is 0. The van der Waals surface area contributed by atoms with E-state index in [-0.39, 0.29) is 0 Å². The number of hydrogen-bond acceptors (Lipinski definition) is 1. The van der Waals surface area contributed by atoms with Crippen molar-refractivity contribution in [2.75, 3.05) is 7.11 Å². The predicted molar refractivity (Wildman–Crippen MR) is 49.2 cm³/mol. The fraction of sp³-hybridized carbons (Fsp3) is 0.200. The van der Waals surface area contributed by atoms with Gasteiger partial charge in [0.1, 0.15) is 5.76 Å². The van der Waals surface area contributed by atoms with Crippen molar-refractivity contribution in [2.45, 2.75) is 6.42 Å². The van der Waals surface area contributed by atoms with Crippen LogP contribution in [0, 0.1) is 0 Å². The van der Waals surface area contributed by atoms with E-state index in [1.807, 2.05) is 0 Å². The highest BCUT2D eigenvalue weighted by molar-refractivity contribution is 5.11. The summed E-state index contributed by atoms with van der Waals surface area (Å²) < 4.78 is 4.59. The van der Waals surface area contributed by atoms with E-state index in [2.05, 4.69) is 42.2 Å². The third-order valence-corrected chi connectivity index (χ3v) is 1.15. The Labute approximate surface area is 68.4 Å². The van der Waals surface area contributed by atoms with Crippen LogP contribution in [0.5, 0.6) is 0 Å². The number of ether oxygens (including phenoxy) is 1. The number of allylic oxidation sites excluding steroid dienone is 5. The SMILES string of the molecule is C1=CCC=C1.C=CC(=C)OC. The van der Waals surface area contributed by atoms with Crippen molar-refractivity contribution in [1.82, 2.24) is 0 Å². The average Bonchev–Trinajstić information content (AvgIpc) is 2.60. The Morgan fingerprint density at radius 3 is 2.09 bits per heavy atom. The van der Waals surface area contributed by atoms with Gasteiger partial charge < -0.3 is 4.74 Å². The second kappa shape index (κ2) is 6.87. The van der Waals surface area contributed by atoms with Crippen LogP contribution in [0.15, 0.2) is 49.3 Å². The fourth-order valence-corrected chi connectivity index (χ4v) is 0.476. The fourth-order valence-electron chi connectivity index (χ4n) is 0.476. The summed E-state index contributed by atoms with van der Waals surface area (Å²) in [6.45, 7) is 6.86. The second-order valence-electron chi connectivity index (χ2n) is 1.97. The Kier molecular flexibility index (Phi) is 6.10. The first kappa shape index (κ1) is 9.76. The summed E-state index contributed by atoms with van der Waals surface area (Å²) in [6, 6.07) is 0. The van der Waals surface area contributed by atoms with Crippen molar-refractivity contribution in [1.29, 1.82) is 0 Å². The maximum absolute atomic E-state index is 4.59. The minimum atomic E-state index is 0.606. The normalized spacial score (nSPS) is 11.7. The molecular formula is C10H14O. The van der Waals surface area contributed by atoms with E-state index in [1.54, 1.807) is 13.2 Å². The molecule has 0 aromatic rings. The van der Waals surface area contributed by atoms with Gasteiger partial charge in [0.05, 0.1) is 7.11 Å². The summed E-state index contributed by atoms with van der Waals surface area (Å²) in [5, 5.41) is 0. The van der Waals surface area contributed by atoms with Crippen LogP contribution in [0.4, 0.5) is 0 Å². The van der Waals surface area contributed by atoms with Crippen molar-refractivity contribution in [3.8, 4) is 0 Å². The summed E-state index contributed by atoms with van der Waals surface area (Å²) in [4.78, 5) is 0. The third kappa shape index (κ3) is 6.65. The van der Waals surface area contributed by atoms with Gasteiger partial charge in [-0.25, -0.2) is 0 Å². The number of rotatable bonds is 2. The minimum Gasteiger partial charge on any atom is -0.497 e. The lowest BCUT2D eigenvalue weighted by atomic mass is 10.5. The standard InChI is InChI=1S/C5H8O.C5H6/c1-4-5(2)6-3;1-2-4-5-3-1/h4H,1-2H2,3H3;1-4H,5H2. The van der Waals surface area contributed by atoms with Gasteiger partial charge in [0, 0.05) is 0 Å². The van der Waals surface area contributed by atoms with Gasteiger partial charge in [0.15, 0.2) is 0 Å². The van der Waals surface area contributed by atoms with E-state index in [9.17, 15) is 0 Å². The molecule has 1 heteroatoms. The first-order valence-electron chi connectivity index (χ1n) is 3.48. The molecule has 1 rings (SSSR count). The number of methoxy groups -OCH3 is 1. The van der Waals surface area contributed by atoms with Crippen LogP contribution in [0.1, 0.15) is 6.42 Å². The Morgan fingerprint density at radius 1 is 1.45 bits per heavy atom. The molecule has 1 nitrogen and oxygen atoms in total. The molecule has 0 spiro atoms. The maximum atomic E-state index is 4.59. The van der Waals surface area contributed by atoms with Crippen LogP contribution in [0.3, 0.4) is 0 Å². The van der Waals surface area contributed by atoms with Crippen molar-refractivity contribution >= 4 is 0 Å². The molecule has 0 unspecified atom stereocenters. The molecule has 0 aromatic heterocycles. The van der Waals surface area contributed by atoms with Crippen LogP contribution in [0.2, 0.25) is 0 Å². The first-order valence-corrected chi connectivity index (χ1v) is 3.48. The van der Waals surface area contributed by atoms with Gasteiger partial charge in [0.2, 0.25) is 0 Å². The predicted octanol–water partition coefficient (Wildman–Crippen LogP) is 2.84. The average molecular weight is 150 g/mol. The van der Waals surface area contributed by atoms with Crippen LogP contribution < -0.4 is 0 Å². The van der Waals surface area contributed by atoms with Gasteiger partial charge >= 0.3 is 0 Å². The largest absolute Gasteiger partial charge is 0.497 e. The molecule has 0 bridgehead atoms.